The highest BCUT2D eigenvalue weighted by atomic mass is 19.1. The van der Waals surface area contributed by atoms with Gasteiger partial charge in [0.2, 0.25) is 5.91 Å². The first-order valence-corrected chi connectivity index (χ1v) is 9.47. The Morgan fingerprint density at radius 3 is 2.43 bits per heavy atom. The van der Waals surface area contributed by atoms with E-state index in [1.54, 1.807) is 66.3 Å². The molecule has 0 radical (unpaired) electrons. The van der Waals surface area contributed by atoms with Crippen LogP contribution in [0.3, 0.4) is 0 Å². The molecule has 1 atom stereocenters. The SMILES string of the molecule is COc1ccc(Nc2ccc(F)c(C3(C)N=C(N)N(C)C(=O)C3(C)C)c2)c(OC)c1. The maximum Gasteiger partial charge on any atom is 0.237 e. The van der Waals surface area contributed by atoms with E-state index in [1.807, 2.05) is 6.07 Å². The zero-order chi connectivity index (χ0) is 22.3. The predicted molar refractivity (Wildman–Crippen MR) is 115 cm³/mol. The number of amides is 1. The van der Waals surface area contributed by atoms with Crippen LogP contribution in [-0.4, -0.2) is 38.0 Å². The Hall–Kier alpha value is -3.29. The van der Waals surface area contributed by atoms with E-state index in [0.717, 1.165) is 0 Å². The third kappa shape index (κ3) is 3.32. The number of hydrogen-bond donors (Lipinski definition) is 2. The normalized spacial score (nSPS) is 20.6. The molecule has 1 aliphatic rings. The van der Waals surface area contributed by atoms with Gasteiger partial charge < -0.3 is 20.5 Å². The molecule has 2 aromatic carbocycles. The monoisotopic (exact) mass is 414 g/mol. The number of anilines is 2. The van der Waals surface area contributed by atoms with Gasteiger partial charge >= 0.3 is 0 Å². The van der Waals surface area contributed by atoms with Gasteiger partial charge in [-0.05, 0) is 51.1 Å². The van der Waals surface area contributed by atoms with Crippen LogP contribution in [0.1, 0.15) is 26.3 Å². The Balaban J connectivity index is 2.08. The summed E-state index contributed by atoms with van der Waals surface area (Å²) in [6.45, 7) is 5.21. The molecule has 160 valence electrons. The van der Waals surface area contributed by atoms with E-state index in [2.05, 4.69) is 10.3 Å². The van der Waals surface area contributed by atoms with Crippen molar-refractivity contribution in [3.05, 3.63) is 47.8 Å². The van der Waals surface area contributed by atoms with Gasteiger partial charge in [0.05, 0.1) is 25.3 Å². The fraction of sp³-hybridized carbons (Fsp3) is 0.364. The smallest absolute Gasteiger partial charge is 0.237 e. The average Bonchev–Trinajstić information content (AvgIpc) is 2.72. The highest BCUT2D eigenvalue weighted by molar-refractivity contribution is 6.01. The van der Waals surface area contributed by atoms with Crippen LogP contribution in [0.5, 0.6) is 11.5 Å². The summed E-state index contributed by atoms with van der Waals surface area (Å²) >= 11 is 0. The molecule has 3 N–H and O–H groups in total. The molecule has 0 saturated heterocycles. The van der Waals surface area contributed by atoms with Gasteiger partial charge in [0.15, 0.2) is 5.96 Å². The van der Waals surface area contributed by atoms with Crippen molar-refractivity contribution < 1.29 is 18.7 Å². The molecule has 7 nitrogen and oxygen atoms in total. The van der Waals surface area contributed by atoms with Crippen LogP contribution in [0.2, 0.25) is 0 Å². The van der Waals surface area contributed by atoms with Crippen LogP contribution in [0.15, 0.2) is 41.4 Å². The van der Waals surface area contributed by atoms with Crippen molar-refractivity contribution in [1.29, 1.82) is 0 Å². The summed E-state index contributed by atoms with van der Waals surface area (Å²) in [4.78, 5) is 18.7. The molecule has 2 aromatic rings. The number of carbonyl (C=O) groups excluding carboxylic acids is 1. The van der Waals surface area contributed by atoms with Crippen molar-refractivity contribution in [2.24, 2.45) is 16.1 Å². The minimum atomic E-state index is -1.19. The molecule has 3 rings (SSSR count). The number of nitrogens with one attached hydrogen (secondary N) is 1. The largest absolute Gasteiger partial charge is 0.497 e. The molecule has 1 heterocycles. The van der Waals surface area contributed by atoms with Crippen molar-refractivity contribution >= 4 is 23.2 Å². The molecule has 1 amide bonds. The number of ether oxygens (including phenoxy) is 2. The van der Waals surface area contributed by atoms with Gasteiger partial charge in [-0.25, -0.2) is 9.38 Å². The summed E-state index contributed by atoms with van der Waals surface area (Å²) in [5.74, 6) is 0.583. The third-order valence-corrected chi connectivity index (χ3v) is 5.92. The van der Waals surface area contributed by atoms with Crippen molar-refractivity contribution in [3.63, 3.8) is 0 Å². The van der Waals surface area contributed by atoms with Crippen LogP contribution in [0, 0.1) is 11.2 Å². The number of nitrogens with two attached hydrogens (primary N) is 1. The van der Waals surface area contributed by atoms with E-state index in [4.69, 9.17) is 15.2 Å². The van der Waals surface area contributed by atoms with E-state index < -0.39 is 16.8 Å². The molecular weight excluding hydrogens is 387 g/mol. The quantitative estimate of drug-likeness (QED) is 0.780. The lowest BCUT2D eigenvalue weighted by atomic mass is 9.67. The average molecular weight is 414 g/mol. The lowest BCUT2D eigenvalue weighted by Gasteiger charge is -2.46. The third-order valence-electron chi connectivity index (χ3n) is 5.92. The molecule has 0 bridgehead atoms. The van der Waals surface area contributed by atoms with Gasteiger partial charge in [-0.2, -0.15) is 0 Å². The Kier molecular flexibility index (Phi) is 5.36. The van der Waals surface area contributed by atoms with Gasteiger partial charge in [0.25, 0.3) is 0 Å². The van der Waals surface area contributed by atoms with E-state index >= 15 is 0 Å². The highest BCUT2D eigenvalue weighted by Gasteiger charge is 2.53. The van der Waals surface area contributed by atoms with E-state index in [9.17, 15) is 9.18 Å². The number of nitrogens with zero attached hydrogens (tertiary/aromatic N) is 2. The van der Waals surface area contributed by atoms with Crippen LogP contribution in [0.25, 0.3) is 0 Å². The maximum atomic E-state index is 15.0. The van der Waals surface area contributed by atoms with Gasteiger partial charge in [-0.3, -0.25) is 9.69 Å². The standard InChI is InChI=1S/C22H27FN4O3/c1-21(2)19(28)27(4)20(24)26-22(21,3)15-11-13(7-9-16(15)23)25-17-10-8-14(29-5)12-18(17)30-6/h7-12,25H,1-6H3,(H2,24,26). The Morgan fingerprint density at radius 2 is 1.80 bits per heavy atom. The summed E-state index contributed by atoms with van der Waals surface area (Å²) in [6.07, 6.45) is 0. The van der Waals surface area contributed by atoms with Gasteiger partial charge in [-0.15, -0.1) is 0 Å². The summed E-state index contributed by atoms with van der Waals surface area (Å²) in [6, 6.07) is 9.96. The molecule has 1 unspecified atom stereocenters. The first-order valence-electron chi connectivity index (χ1n) is 9.47. The lowest BCUT2D eigenvalue weighted by Crippen LogP contribution is -2.58. The number of carbonyl (C=O) groups is 1. The summed E-state index contributed by atoms with van der Waals surface area (Å²) in [5.41, 5.74) is 5.34. The van der Waals surface area contributed by atoms with E-state index in [-0.39, 0.29) is 17.4 Å². The van der Waals surface area contributed by atoms with Crippen LogP contribution < -0.4 is 20.5 Å². The minimum Gasteiger partial charge on any atom is -0.497 e. The van der Waals surface area contributed by atoms with Crippen molar-refractivity contribution in [2.75, 3.05) is 26.6 Å². The predicted octanol–water partition coefficient (Wildman–Crippen LogP) is 3.61. The van der Waals surface area contributed by atoms with Crippen LogP contribution in [0.4, 0.5) is 15.8 Å². The molecule has 1 aliphatic heterocycles. The summed E-state index contributed by atoms with van der Waals surface area (Å²) in [5, 5.41) is 3.23. The second kappa shape index (κ2) is 7.51. The first kappa shape index (κ1) is 21.4. The fourth-order valence-electron chi connectivity index (χ4n) is 3.61. The van der Waals surface area contributed by atoms with Crippen LogP contribution >= 0.6 is 0 Å². The second-order valence-electron chi connectivity index (χ2n) is 7.92. The fourth-order valence-corrected chi connectivity index (χ4v) is 3.61. The Labute approximate surface area is 175 Å². The van der Waals surface area contributed by atoms with Crippen molar-refractivity contribution in [1.82, 2.24) is 4.90 Å². The minimum absolute atomic E-state index is 0.0522. The molecule has 30 heavy (non-hydrogen) atoms. The molecule has 0 aromatic heterocycles. The van der Waals surface area contributed by atoms with Crippen molar-refractivity contribution in [3.8, 4) is 11.5 Å². The summed E-state index contributed by atoms with van der Waals surface area (Å²) in [7, 11) is 4.69. The van der Waals surface area contributed by atoms with Gasteiger partial charge in [0, 0.05) is 24.4 Å². The number of hydrogen-bond acceptors (Lipinski definition) is 6. The van der Waals surface area contributed by atoms with Gasteiger partial charge in [0.1, 0.15) is 22.9 Å². The Morgan fingerprint density at radius 1 is 1.10 bits per heavy atom. The highest BCUT2D eigenvalue weighted by Crippen LogP contribution is 2.48. The Bertz CT molecular complexity index is 1020. The molecule has 0 saturated carbocycles. The first-order chi connectivity index (χ1) is 14.0. The number of guanidine groups is 1. The number of methoxy groups -OCH3 is 2. The van der Waals surface area contributed by atoms with E-state index in [1.165, 1.54) is 11.0 Å². The molecule has 0 aliphatic carbocycles. The molecule has 8 heteroatoms. The van der Waals surface area contributed by atoms with E-state index in [0.29, 0.717) is 22.9 Å². The zero-order valence-corrected chi connectivity index (χ0v) is 18.0. The second-order valence-corrected chi connectivity index (χ2v) is 7.92. The topological polar surface area (TPSA) is 89.2 Å². The lowest BCUT2D eigenvalue weighted by molar-refractivity contribution is -0.140. The van der Waals surface area contributed by atoms with Gasteiger partial charge in [-0.1, -0.05) is 0 Å². The molecular formula is C22H27FN4O3. The number of rotatable bonds is 5. The maximum absolute atomic E-state index is 15.0. The number of halogens is 1. The van der Waals surface area contributed by atoms with Crippen molar-refractivity contribution in [2.45, 2.75) is 26.3 Å². The number of aliphatic imine (C=N–C) groups is 1. The molecule has 0 spiro atoms. The zero-order valence-electron chi connectivity index (χ0n) is 18.0. The molecule has 0 fully saturated rings. The summed E-state index contributed by atoms with van der Waals surface area (Å²) < 4.78 is 25.6. The van der Waals surface area contributed by atoms with Crippen LogP contribution in [-0.2, 0) is 10.3 Å². The number of benzene rings is 2.